The second-order valence-corrected chi connectivity index (χ2v) is 7.59. The largest absolute Gasteiger partial charge is 0.287 e. The topological polar surface area (TPSA) is 36.4 Å². The van der Waals surface area contributed by atoms with Crippen molar-refractivity contribution in [1.29, 1.82) is 0 Å². The van der Waals surface area contributed by atoms with E-state index in [4.69, 9.17) is 16.6 Å². The van der Waals surface area contributed by atoms with Gasteiger partial charge in [-0.15, -0.1) is 0 Å². The number of benzene rings is 4. The van der Waals surface area contributed by atoms with Crippen molar-refractivity contribution in [1.82, 2.24) is 10.9 Å². The van der Waals surface area contributed by atoms with Gasteiger partial charge in [0.15, 0.2) is 5.84 Å². The zero-order chi connectivity index (χ0) is 19.4. The Labute approximate surface area is 173 Å². The number of hydrogen-bond donors (Lipinski definition) is 2. The van der Waals surface area contributed by atoms with Crippen LogP contribution in [0.25, 0.3) is 38.7 Å². The Balaban J connectivity index is 1.49. The Morgan fingerprint density at radius 1 is 0.621 bits per heavy atom. The van der Waals surface area contributed by atoms with E-state index in [0.717, 1.165) is 22.7 Å². The molecule has 4 aromatic carbocycles. The van der Waals surface area contributed by atoms with Crippen LogP contribution in [0.5, 0.6) is 0 Å². The number of fused-ring (bicyclic) bond motifs is 3. The molecule has 138 valence electrons. The lowest BCUT2D eigenvalue weighted by Crippen LogP contribution is -2.39. The molecule has 2 N–H and O–H groups in total. The Morgan fingerprint density at radius 2 is 1.38 bits per heavy atom. The standard InChI is InChI=1S/C25H16ClN3/c26-24-23(16-6-2-1-3-7-16)27-25(29-28-24)17-12-13-18-19-10-4-8-15-9-5-11-20(22(15)19)21(18)14-17/h1-14,28H,(H,27,29). The molecule has 4 aromatic rings. The molecular weight excluding hydrogens is 378 g/mol. The second kappa shape index (κ2) is 6.23. The summed E-state index contributed by atoms with van der Waals surface area (Å²) >= 11 is 6.38. The summed E-state index contributed by atoms with van der Waals surface area (Å²) in [5.41, 5.74) is 14.0. The molecule has 3 nitrogen and oxygen atoms in total. The maximum atomic E-state index is 6.38. The number of hydrogen-bond acceptors (Lipinski definition) is 3. The molecule has 0 radical (unpaired) electrons. The first-order valence-corrected chi connectivity index (χ1v) is 9.90. The summed E-state index contributed by atoms with van der Waals surface area (Å²) in [7, 11) is 0. The average Bonchev–Trinajstić information content (AvgIpc) is 3.10. The highest BCUT2D eigenvalue weighted by Crippen LogP contribution is 2.47. The fourth-order valence-electron chi connectivity index (χ4n) is 4.23. The van der Waals surface area contributed by atoms with E-state index in [1.54, 1.807) is 0 Å². The van der Waals surface area contributed by atoms with Crippen LogP contribution in [0.1, 0.15) is 11.1 Å². The first kappa shape index (κ1) is 16.4. The van der Waals surface area contributed by atoms with Crippen LogP contribution in [0.15, 0.2) is 95.1 Å². The molecule has 0 fully saturated rings. The predicted molar refractivity (Wildman–Crippen MR) is 120 cm³/mol. The minimum Gasteiger partial charge on any atom is -0.287 e. The highest BCUT2D eigenvalue weighted by Gasteiger charge is 2.23. The number of rotatable bonds is 2. The number of aliphatic imine (C=N–C) groups is 1. The quantitative estimate of drug-likeness (QED) is 0.366. The van der Waals surface area contributed by atoms with Gasteiger partial charge in [-0.1, -0.05) is 90.5 Å². The zero-order valence-electron chi connectivity index (χ0n) is 15.4. The van der Waals surface area contributed by atoms with Gasteiger partial charge in [-0.05, 0) is 39.1 Å². The van der Waals surface area contributed by atoms with E-state index in [0.29, 0.717) is 5.16 Å². The maximum Gasteiger partial charge on any atom is 0.152 e. The molecule has 1 heterocycles. The van der Waals surface area contributed by atoms with Crippen molar-refractivity contribution in [2.24, 2.45) is 4.99 Å². The maximum absolute atomic E-state index is 6.38. The molecule has 0 saturated carbocycles. The van der Waals surface area contributed by atoms with Crippen LogP contribution in [0.3, 0.4) is 0 Å². The van der Waals surface area contributed by atoms with Crippen LogP contribution in [-0.2, 0) is 0 Å². The van der Waals surface area contributed by atoms with Gasteiger partial charge in [-0.25, -0.2) is 4.99 Å². The summed E-state index contributed by atoms with van der Waals surface area (Å²) in [6, 6.07) is 29.5. The van der Waals surface area contributed by atoms with E-state index in [9.17, 15) is 0 Å². The monoisotopic (exact) mass is 393 g/mol. The van der Waals surface area contributed by atoms with E-state index in [1.807, 2.05) is 30.3 Å². The summed E-state index contributed by atoms with van der Waals surface area (Å²) < 4.78 is 0. The van der Waals surface area contributed by atoms with E-state index < -0.39 is 0 Å². The number of halogens is 1. The molecule has 0 atom stereocenters. The summed E-state index contributed by atoms with van der Waals surface area (Å²) in [5, 5.41) is 3.08. The minimum atomic E-state index is 0.485. The van der Waals surface area contributed by atoms with E-state index in [1.165, 1.54) is 33.0 Å². The summed E-state index contributed by atoms with van der Waals surface area (Å²) in [4.78, 5) is 4.82. The van der Waals surface area contributed by atoms with E-state index in [2.05, 4.69) is 65.4 Å². The molecule has 0 saturated heterocycles. The third kappa shape index (κ3) is 2.48. The Bertz CT molecular complexity index is 1350. The van der Waals surface area contributed by atoms with E-state index in [-0.39, 0.29) is 0 Å². The Kier molecular flexibility index (Phi) is 3.52. The third-order valence-corrected chi connectivity index (χ3v) is 5.82. The molecule has 29 heavy (non-hydrogen) atoms. The molecular formula is C25H16ClN3. The van der Waals surface area contributed by atoms with Gasteiger partial charge in [0, 0.05) is 11.1 Å². The summed E-state index contributed by atoms with van der Waals surface area (Å²) in [5.74, 6) is 0.749. The molecule has 0 spiro atoms. The molecule has 0 aromatic heterocycles. The van der Waals surface area contributed by atoms with Gasteiger partial charge in [0.25, 0.3) is 0 Å². The molecule has 6 rings (SSSR count). The molecule has 2 aliphatic rings. The molecule has 4 heteroatoms. The minimum absolute atomic E-state index is 0.485. The molecule has 1 aliphatic carbocycles. The second-order valence-electron chi connectivity index (χ2n) is 7.21. The lowest BCUT2D eigenvalue weighted by atomic mass is 10.0. The van der Waals surface area contributed by atoms with Crippen LogP contribution in [0.4, 0.5) is 0 Å². The number of nitrogens with one attached hydrogen (secondary N) is 2. The average molecular weight is 394 g/mol. The fourth-order valence-corrected chi connectivity index (χ4v) is 4.42. The Morgan fingerprint density at radius 3 is 2.17 bits per heavy atom. The first-order chi connectivity index (χ1) is 14.3. The lowest BCUT2D eigenvalue weighted by Gasteiger charge is -2.20. The zero-order valence-corrected chi connectivity index (χ0v) is 16.2. The van der Waals surface area contributed by atoms with Gasteiger partial charge >= 0.3 is 0 Å². The van der Waals surface area contributed by atoms with E-state index >= 15 is 0 Å². The lowest BCUT2D eigenvalue weighted by molar-refractivity contribution is 0.791. The van der Waals surface area contributed by atoms with Crippen molar-refractivity contribution in [2.75, 3.05) is 0 Å². The number of amidine groups is 1. The molecule has 0 unspecified atom stereocenters. The summed E-state index contributed by atoms with van der Waals surface area (Å²) in [6.07, 6.45) is 0. The van der Waals surface area contributed by atoms with Crippen LogP contribution in [-0.4, -0.2) is 5.84 Å². The predicted octanol–water partition coefficient (Wildman–Crippen LogP) is 5.91. The van der Waals surface area contributed by atoms with Crippen molar-refractivity contribution in [3.8, 4) is 22.3 Å². The highest BCUT2D eigenvalue weighted by molar-refractivity contribution is 6.33. The smallest absolute Gasteiger partial charge is 0.152 e. The van der Waals surface area contributed by atoms with Gasteiger partial charge in [0.05, 0.1) is 0 Å². The van der Waals surface area contributed by atoms with Crippen molar-refractivity contribution in [3.05, 3.63) is 101 Å². The van der Waals surface area contributed by atoms with Crippen molar-refractivity contribution in [3.63, 3.8) is 0 Å². The van der Waals surface area contributed by atoms with Crippen molar-refractivity contribution >= 4 is 33.9 Å². The van der Waals surface area contributed by atoms with Gasteiger partial charge in [-0.2, -0.15) is 0 Å². The highest BCUT2D eigenvalue weighted by atomic mass is 35.5. The van der Waals surface area contributed by atoms with Crippen molar-refractivity contribution in [2.45, 2.75) is 0 Å². The molecule has 1 aliphatic heterocycles. The van der Waals surface area contributed by atoms with Crippen LogP contribution >= 0.6 is 11.6 Å². The van der Waals surface area contributed by atoms with Gasteiger partial charge in [-0.3, -0.25) is 10.9 Å². The number of nitrogens with zero attached hydrogens (tertiary/aromatic N) is 1. The van der Waals surface area contributed by atoms with Crippen LogP contribution in [0.2, 0.25) is 0 Å². The van der Waals surface area contributed by atoms with Gasteiger partial charge < -0.3 is 0 Å². The van der Waals surface area contributed by atoms with Crippen LogP contribution in [0, 0.1) is 0 Å². The fraction of sp³-hybridized carbons (Fsp3) is 0. The normalized spacial score (nSPS) is 14.3. The van der Waals surface area contributed by atoms with Gasteiger partial charge in [0.1, 0.15) is 10.9 Å². The number of hydrazine groups is 1. The molecule has 0 amide bonds. The molecule has 0 bridgehead atoms. The summed E-state index contributed by atoms with van der Waals surface area (Å²) in [6.45, 7) is 0. The first-order valence-electron chi connectivity index (χ1n) is 9.52. The SMILES string of the molecule is ClC1=C(c2ccccc2)N=C(c2ccc3c(c2)-c2cccc4cccc-3c24)NN1. The van der Waals surface area contributed by atoms with Crippen molar-refractivity contribution < 1.29 is 0 Å². The Hall–Kier alpha value is -3.56. The third-order valence-electron chi connectivity index (χ3n) is 5.55. The van der Waals surface area contributed by atoms with Crippen LogP contribution < -0.4 is 10.9 Å². The van der Waals surface area contributed by atoms with Gasteiger partial charge in [0.2, 0.25) is 0 Å².